The Kier molecular flexibility index (Phi) is 3.30. The molecule has 0 spiro atoms. The van der Waals surface area contributed by atoms with E-state index in [2.05, 4.69) is 0 Å². The molecule has 1 amide bonds. The maximum atomic E-state index is 12.2. The lowest BCUT2D eigenvalue weighted by Crippen LogP contribution is -2.43. The average Bonchev–Trinajstić information content (AvgIpc) is 2.31. The highest BCUT2D eigenvalue weighted by atomic mass is 32.2. The van der Waals surface area contributed by atoms with Gasteiger partial charge >= 0.3 is 0 Å². The number of aryl methyl sites for hydroxylation is 1. The van der Waals surface area contributed by atoms with Crippen molar-refractivity contribution < 1.29 is 18.3 Å². The molecule has 0 radical (unpaired) electrons. The second kappa shape index (κ2) is 4.61. The molecule has 98 valence electrons. The lowest BCUT2D eigenvalue weighted by Gasteiger charge is -2.27. The molecule has 0 bridgehead atoms. The SMILES string of the molecule is Cc1ccc(O)c(C(=O)N2CCS(=O)(=O)CC2)c1. The van der Waals surface area contributed by atoms with Crippen LogP contribution in [-0.2, 0) is 9.84 Å². The number of nitrogens with zero attached hydrogens (tertiary/aromatic N) is 1. The maximum absolute atomic E-state index is 12.2. The molecule has 0 saturated carbocycles. The molecule has 6 heteroatoms. The Morgan fingerprint density at radius 2 is 1.89 bits per heavy atom. The zero-order chi connectivity index (χ0) is 13.3. The summed E-state index contributed by atoms with van der Waals surface area (Å²) in [5, 5.41) is 9.67. The molecule has 1 aliphatic heterocycles. The minimum absolute atomic E-state index is 0.00861. The van der Waals surface area contributed by atoms with E-state index in [-0.39, 0.29) is 41.8 Å². The van der Waals surface area contributed by atoms with Crippen LogP contribution >= 0.6 is 0 Å². The molecule has 1 aromatic carbocycles. The van der Waals surface area contributed by atoms with Crippen molar-refractivity contribution in [1.29, 1.82) is 0 Å². The number of benzene rings is 1. The van der Waals surface area contributed by atoms with Gasteiger partial charge in [-0.15, -0.1) is 0 Å². The van der Waals surface area contributed by atoms with Gasteiger partial charge in [-0.25, -0.2) is 8.42 Å². The maximum Gasteiger partial charge on any atom is 0.257 e. The highest BCUT2D eigenvalue weighted by Crippen LogP contribution is 2.21. The Labute approximate surface area is 106 Å². The highest BCUT2D eigenvalue weighted by molar-refractivity contribution is 7.91. The normalized spacial score (nSPS) is 18.6. The fraction of sp³-hybridized carbons (Fsp3) is 0.417. The Bertz CT molecular complexity index is 566. The lowest BCUT2D eigenvalue weighted by molar-refractivity contribution is 0.0767. The van der Waals surface area contributed by atoms with Crippen molar-refractivity contribution in [3.8, 4) is 5.75 Å². The van der Waals surface area contributed by atoms with Gasteiger partial charge in [-0.3, -0.25) is 4.79 Å². The van der Waals surface area contributed by atoms with Gasteiger partial charge in [0.15, 0.2) is 9.84 Å². The predicted octanol–water partition coefficient (Wildman–Crippen LogP) is 0.571. The first-order chi connectivity index (χ1) is 8.39. The first kappa shape index (κ1) is 12.9. The molecule has 5 nitrogen and oxygen atoms in total. The number of carbonyl (C=O) groups is 1. The van der Waals surface area contributed by atoms with E-state index in [4.69, 9.17) is 0 Å². The second-order valence-electron chi connectivity index (χ2n) is 4.46. The topological polar surface area (TPSA) is 74.7 Å². The van der Waals surface area contributed by atoms with Crippen LogP contribution in [0.3, 0.4) is 0 Å². The summed E-state index contributed by atoms with van der Waals surface area (Å²) in [7, 11) is -3.01. The number of phenols is 1. The fourth-order valence-electron chi connectivity index (χ4n) is 1.91. The van der Waals surface area contributed by atoms with Crippen LogP contribution in [0.4, 0.5) is 0 Å². The molecule has 0 aliphatic carbocycles. The summed E-state index contributed by atoms with van der Waals surface area (Å²) in [6.45, 7) is 2.21. The second-order valence-corrected chi connectivity index (χ2v) is 6.77. The van der Waals surface area contributed by atoms with E-state index in [1.807, 2.05) is 6.92 Å². The van der Waals surface area contributed by atoms with E-state index in [0.717, 1.165) is 5.56 Å². The average molecular weight is 269 g/mol. The molecular weight excluding hydrogens is 254 g/mol. The van der Waals surface area contributed by atoms with Crippen molar-refractivity contribution in [2.45, 2.75) is 6.92 Å². The summed E-state index contributed by atoms with van der Waals surface area (Å²) in [6.07, 6.45) is 0. The Morgan fingerprint density at radius 1 is 1.28 bits per heavy atom. The third kappa shape index (κ3) is 2.64. The van der Waals surface area contributed by atoms with Crippen molar-refractivity contribution in [3.05, 3.63) is 29.3 Å². The number of amides is 1. The largest absolute Gasteiger partial charge is 0.507 e. The first-order valence-electron chi connectivity index (χ1n) is 5.68. The third-order valence-corrected chi connectivity index (χ3v) is 4.62. The van der Waals surface area contributed by atoms with Crippen molar-refractivity contribution in [2.24, 2.45) is 0 Å². The van der Waals surface area contributed by atoms with Gasteiger partial charge < -0.3 is 10.0 Å². The molecule has 1 N–H and O–H groups in total. The van der Waals surface area contributed by atoms with Crippen LogP contribution in [0.25, 0.3) is 0 Å². The molecule has 1 saturated heterocycles. The van der Waals surface area contributed by atoms with Gasteiger partial charge in [0.05, 0.1) is 17.1 Å². The standard InChI is InChI=1S/C12H15NO4S/c1-9-2-3-11(14)10(8-9)12(15)13-4-6-18(16,17)7-5-13/h2-3,8,14H,4-7H2,1H3. The zero-order valence-electron chi connectivity index (χ0n) is 10.1. The molecule has 1 fully saturated rings. The van der Waals surface area contributed by atoms with Crippen molar-refractivity contribution >= 4 is 15.7 Å². The van der Waals surface area contributed by atoms with Crippen LogP contribution in [-0.4, -0.2) is 48.9 Å². The Morgan fingerprint density at radius 3 is 2.50 bits per heavy atom. The van der Waals surface area contributed by atoms with E-state index in [0.29, 0.717) is 0 Å². The number of rotatable bonds is 1. The molecule has 1 heterocycles. The van der Waals surface area contributed by atoms with Gasteiger partial charge in [-0.1, -0.05) is 11.6 Å². The van der Waals surface area contributed by atoms with E-state index >= 15 is 0 Å². The molecule has 0 aromatic heterocycles. The number of sulfone groups is 1. The molecular formula is C12H15NO4S. The van der Waals surface area contributed by atoms with E-state index < -0.39 is 9.84 Å². The van der Waals surface area contributed by atoms with Gasteiger partial charge in [0, 0.05) is 13.1 Å². The first-order valence-corrected chi connectivity index (χ1v) is 7.50. The van der Waals surface area contributed by atoms with Crippen LogP contribution in [0.5, 0.6) is 5.75 Å². The Hall–Kier alpha value is -1.56. The summed E-state index contributed by atoms with van der Waals surface area (Å²) >= 11 is 0. The van der Waals surface area contributed by atoms with Crippen molar-refractivity contribution in [3.63, 3.8) is 0 Å². The van der Waals surface area contributed by atoms with Gasteiger partial charge in [-0.05, 0) is 19.1 Å². The van der Waals surface area contributed by atoms with Crippen molar-refractivity contribution in [1.82, 2.24) is 4.90 Å². The van der Waals surface area contributed by atoms with Gasteiger partial charge in [0.1, 0.15) is 5.75 Å². The predicted molar refractivity (Wildman–Crippen MR) is 67.4 cm³/mol. The van der Waals surface area contributed by atoms with Crippen LogP contribution in [0.1, 0.15) is 15.9 Å². The third-order valence-electron chi connectivity index (χ3n) is 3.01. The number of hydrogen-bond donors (Lipinski definition) is 1. The minimum atomic E-state index is -3.01. The van der Waals surface area contributed by atoms with Gasteiger partial charge in [0.2, 0.25) is 0 Å². The quantitative estimate of drug-likeness (QED) is 0.809. The van der Waals surface area contributed by atoms with Gasteiger partial charge in [-0.2, -0.15) is 0 Å². The minimum Gasteiger partial charge on any atom is -0.507 e. The summed E-state index contributed by atoms with van der Waals surface area (Å²) in [5.74, 6) is -0.401. The molecule has 18 heavy (non-hydrogen) atoms. The Balaban J connectivity index is 2.20. The van der Waals surface area contributed by atoms with Crippen LogP contribution in [0.15, 0.2) is 18.2 Å². The monoisotopic (exact) mass is 269 g/mol. The van der Waals surface area contributed by atoms with E-state index in [9.17, 15) is 18.3 Å². The molecule has 2 rings (SSSR count). The molecule has 0 atom stereocenters. The van der Waals surface area contributed by atoms with E-state index in [1.54, 1.807) is 12.1 Å². The van der Waals surface area contributed by atoms with Gasteiger partial charge in [0.25, 0.3) is 5.91 Å². The van der Waals surface area contributed by atoms with Crippen molar-refractivity contribution in [2.75, 3.05) is 24.6 Å². The van der Waals surface area contributed by atoms with Crippen LogP contribution in [0.2, 0.25) is 0 Å². The summed E-state index contributed by atoms with van der Waals surface area (Å²) in [6, 6.07) is 4.80. The number of carbonyl (C=O) groups excluding carboxylic acids is 1. The summed E-state index contributed by atoms with van der Waals surface area (Å²) in [4.78, 5) is 13.6. The smallest absolute Gasteiger partial charge is 0.257 e. The van der Waals surface area contributed by atoms with E-state index in [1.165, 1.54) is 11.0 Å². The van der Waals surface area contributed by atoms with Crippen LogP contribution in [0, 0.1) is 6.92 Å². The summed E-state index contributed by atoms with van der Waals surface area (Å²) < 4.78 is 22.6. The fourth-order valence-corrected chi connectivity index (χ4v) is 3.11. The molecule has 1 aliphatic rings. The zero-order valence-corrected chi connectivity index (χ0v) is 10.9. The van der Waals surface area contributed by atoms with Crippen LogP contribution < -0.4 is 0 Å². The number of hydrogen-bond acceptors (Lipinski definition) is 4. The molecule has 0 unspecified atom stereocenters. The molecule has 1 aromatic rings. The summed E-state index contributed by atoms with van der Waals surface area (Å²) in [5.41, 5.74) is 1.11. The number of phenolic OH excluding ortho intramolecular Hbond substituents is 1. The highest BCUT2D eigenvalue weighted by Gasteiger charge is 2.26. The lowest BCUT2D eigenvalue weighted by atomic mass is 10.1. The number of aromatic hydroxyl groups is 1.